The number of hydrogen-bond acceptors (Lipinski definition) is 4. The van der Waals surface area contributed by atoms with Gasteiger partial charge in [-0.1, -0.05) is 31.2 Å². The van der Waals surface area contributed by atoms with Gasteiger partial charge < -0.3 is 10.6 Å². The fourth-order valence-corrected chi connectivity index (χ4v) is 1.83. The summed E-state index contributed by atoms with van der Waals surface area (Å²) in [5.41, 5.74) is 1.53. The second-order valence-electron chi connectivity index (χ2n) is 4.56. The molecule has 106 valence electrons. The quantitative estimate of drug-likeness (QED) is 0.835. The van der Waals surface area contributed by atoms with Crippen LogP contribution in [0.15, 0.2) is 36.7 Å². The fraction of sp³-hybridized carbons (Fsp3) is 0.357. The number of rotatable bonds is 6. The van der Waals surface area contributed by atoms with Gasteiger partial charge in [0.25, 0.3) is 0 Å². The Morgan fingerprint density at radius 2 is 2.20 bits per heavy atom. The molecular formula is C14H19N5O. The highest BCUT2D eigenvalue weighted by molar-refractivity contribution is 5.94. The van der Waals surface area contributed by atoms with Crippen molar-refractivity contribution < 1.29 is 4.79 Å². The second kappa shape index (κ2) is 6.81. The molecule has 0 aliphatic rings. The van der Waals surface area contributed by atoms with Crippen molar-refractivity contribution in [2.75, 3.05) is 18.4 Å². The van der Waals surface area contributed by atoms with E-state index in [-0.39, 0.29) is 11.8 Å². The maximum Gasteiger partial charge on any atom is 0.228 e. The first kappa shape index (κ1) is 14.2. The van der Waals surface area contributed by atoms with E-state index in [2.05, 4.69) is 20.9 Å². The van der Waals surface area contributed by atoms with Crippen LogP contribution >= 0.6 is 0 Å². The van der Waals surface area contributed by atoms with Crippen LogP contribution in [0.4, 0.5) is 5.69 Å². The van der Waals surface area contributed by atoms with Crippen LogP contribution in [0.1, 0.15) is 13.8 Å². The van der Waals surface area contributed by atoms with Gasteiger partial charge >= 0.3 is 0 Å². The molecule has 1 heterocycles. The molecule has 0 bridgehead atoms. The molecule has 6 heteroatoms. The Hall–Kier alpha value is -2.21. The molecule has 0 spiro atoms. The molecule has 1 amide bonds. The summed E-state index contributed by atoms with van der Waals surface area (Å²) in [7, 11) is 0. The van der Waals surface area contributed by atoms with E-state index in [1.165, 1.54) is 0 Å². The number of anilines is 1. The van der Waals surface area contributed by atoms with E-state index in [0.717, 1.165) is 17.9 Å². The Morgan fingerprint density at radius 1 is 1.40 bits per heavy atom. The van der Waals surface area contributed by atoms with Crippen LogP contribution < -0.4 is 10.6 Å². The highest BCUT2D eigenvalue weighted by Crippen LogP contribution is 2.19. The highest BCUT2D eigenvalue weighted by atomic mass is 16.1. The van der Waals surface area contributed by atoms with Crippen LogP contribution in [0.2, 0.25) is 0 Å². The van der Waals surface area contributed by atoms with Crippen LogP contribution in [0.25, 0.3) is 5.69 Å². The normalized spacial score (nSPS) is 12.1. The van der Waals surface area contributed by atoms with E-state index < -0.39 is 0 Å². The molecular weight excluding hydrogens is 254 g/mol. The molecule has 0 aliphatic heterocycles. The van der Waals surface area contributed by atoms with Crippen LogP contribution in [0.5, 0.6) is 0 Å². The lowest BCUT2D eigenvalue weighted by Gasteiger charge is -2.14. The number of benzene rings is 1. The minimum absolute atomic E-state index is 0.0153. The minimum atomic E-state index is -0.0984. The third kappa shape index (κ3) is 3.42. The van der Waals surface area contributed by atoms with Crippen molar-refractivity contribution in [3.05, 3.63) is 36.7 Å². The average Bonchev–Trinajstić information content (AvgIpc) is 2.99. The molecule has 1 unspecified atom stereocenters. The first-order valence-corrected chi connectivity index (χ1v) is 6.69. The first-order chi connectivity index (χ1) is 9.72. The van der Waals surface area contributed by atoms with Crippen LogP contribution in [-0.4, -0.2) is 34.0 Å². The standard InChI is InChI=1S/C14H19N5O/c1-3-15-10-11(2)14(20)17-12-6-4-5-7-13(12)19-9-8-16-18-19/h4-9,11,15H,3,10H2,1-2H3,(H,17,20). The van der Waals surface area contributed by atoms with Crippen LogP contribution in [0.3, 0.4) is 0 Å². The third-order valence-corrected chi connectivity index (χ3v) is 2.98. The summed E-state index contributed by atoms with van der Waals surface area (Å²) in [5, 5.41) is 13.8. The summed E-state index contributed by atoms with van der Waals surface area (Å²) in [6, 6.07) is 7.52. The molecule has 20 heavy (non-hydrogen) atoms. The lowest BCUT2D eigenvalue weighted by atomic mass is 10.1. The molecule has 1 atom stereocenters. The van der Waals surface area contributed by atoms with Crippen molar-refractivity contribution in [2.45, 2.75) is 13.8 Å². The molecule has 0 saturated heterocycles. The van der Waals surface area contributed by atoms with Crippen molar-refractivity contribution in [3.8, 4) is 5.69 Å². The molecule has 2 N–H and O–H groups in total. The van der Waals surface area contributed by atoms with Gasteiger partial charge in [-0.3, -0.25) is 4.79 Å². The number of carbonyl (C=O) groups excluding carboxylic acids is 1. The van der Waals surface area contributed by atoms with Crippen molar-refractivity contribution in [2.24, 2.45) is 5.92 Å². The van der Waals surface area contributed by atoms with Gasteiger partial charge in [-0.15, -0.1) is 5.10 Å². The zero-order chi connectivity index (χ0) is 14.4. The monoisotopic (exact) mass is 273 g/mol. The summed E-state index contributed by atoms with van der Waals surface area (Å²) in [4.78, 5) is 12.1. The Kier molecular flexibility index (Phi) is 4.84. The number of nitrogens with zero attached hydrogens (tertiary/aromatic N) is 3. The lowest BCUT2D eigenvalue weighted by Crippen LogP contribution is -2.30. The maximum atomic E-state index is 12.1. The number of nitrogens with one attached hydrogen (secondary N) is 2. The molecule has 0 aliphatic carbocycles. The van der Waals surface area contributed by atoms with Crippen molar-refractivity contribution in [3.63, 3.8) is 0 Å². The van der Waals surface area contributed by atoms with E-state index in [1.54, 1.807) is 17.1 Å². The summed E-state index contributed by atoms with van der Waals surface area (Å²) >= 11 is 0. The number of para-hydroxylation sites is 2. The first-order valence-electron chi connectivity index (χ1n) is 6.69. The number of amides is 1. The summed E-state index contributed by atoms with van der Waals surface area (Å²) in [5.74, 6) is -0.114. The van der Waals surface area contributed by atoms with Crippen LogP contribution in [-0.2, 0) is 4.79 Å². The Labute approximate surface area is 118 Å². The summed E-state index contributed by atoms with van der Waals surface area (Å²) in [6.45, 7) is 5.43. The maximum absolute atomic E-state index is 12.1. The Bertz CT molecular complexity index is 552. The largest absolute Gasteiger partial charge is 0.324 e. The fourth-order valence-electron chi connectivity index (χ4n) is 1.83. The van der Waals surface area contributed by atoms with E-state index in [9.17, 15) is 4.79 Å². The zero-order valence-corrected chi connectivity index (χ0v) is 11.7. The molecule has 1 aromatic heterocycles. The van der Waals surface area contributed by atoms with Gasteiger partial charge in [-0.25, -0.2) is 4.68 Å². The molecule has 0 radical (unpaired) electrons. The van der Waals surface area contributed by atoms with E-state index in [0.29, 0.717) is 6.54 Å². The topological polar surface area (TPSA) is 71.8 Å². The van der Waals surface area contributed by atoms with Gasteiger partial charge in [0.05, 0.1) is 23.8 Å². The van der Waals surface area contributed by atoms with Gasteiger partial charge in [-0.2, -0.15) is 0 Å². The van der Waals surface area contributed by atoms with E-state index in [1.807, 2.05) is 38.1 Å². The zero-order valence-electron chi connectivity index (χ0n) is 11.7. The Balaban J connectivity index is 2.12. The van der Waals surface area contributed by atoms with Crippen LogP contribution in [0, 0.1) is 5.92 Å². The molecule has 0 fully saturated rings. The molecule has 6 nitrogen and oxygen atoms in total. The molecule has 2 rings (SSSR count). The van der Waals surface area contributed by atoms with Gasteiger partial charge in [0.2, 0.25) is 5.91 Å². The number of aromatic nitrogens is 3. The van der Waals surface area contributed by atoms with Gasteiger partial charge in [0, 0.05) is 12.5 Å². The smallest absolute Gasteiger partial charge is 0.228 e. The van der Waals surface area contributed by atoms with Crippen molar-refractivity contribution in [1.82, 2.24) is 20.3 Å². The van der Waals surface area contributed by atoms with Crippen molar-refractivity contribution >= 4 is 11.6 Å². The van der Waals surface area contributed by atoms with E-state index in [4.69, 9.17) is 0 Å². The molecule has 0 saturated carbocycles. The van der Waals surface area contributed by atoms with Gasteiger partial charge in [0.15, 0.2) is 0 Å². The van der Waals surface area contributed by atoms with Crippen molar-refractivity contribution in [1.29, 1.82) is 0 Å². The second-order valence-corrected chi connectivity index (χ2v) is 4.56. The van der Waals surface area contributed by atoms with Gasteiger partial charge in [0.1, 0.15) is 0 Å². The predicted molar refractivity (Wildman–Crippen MR) is 77.7 cm³/mol. The van der Waals surface area contributed by atoms with Gasteiger partial charge in [-0.05, 0) is 18.7 Å². The minimum Gasteiger partial charge on any atom is -0.324 e. The predicted octanol–water partition coefficient (Wildman–Crippen LogP) is 1.45. The summed E-state index contributed by atoms with van der Waals surface area (Å²) in [6.07, 6.45) is 3.35. The number of hydrogen-bond donors (Lipinski definition) is 2. The molecule has 2 aromatic rings. The molecule has 1 aromatic carbocycles. The average molecular weight is 273 g/mol. The summed E-state index contributed by atoms with van der Waals surface area (Å²) < 4.78 is 1.63. The van der Waals surface area contributed by atoms with E-state index >= 15 is 0 Å². The lowest BCUT2D eigenvalue weighted by molar-refractivity contribution is -0.119. The highest BCUT2D eigenvalue weighted by Gasteiger charge is 2.14. The Morgan fingerprint density at radius 3 is 2.90 bits per heavy atom. The SMILES string of the molecule is CCNCC(C)C(=O)Nc1ccccc1-n1ccnn1. The third-order valence-electron chi connectivity index (χ3n) is 2.98. The number of carbonyl (C=O) groups is 1.